The van der Waals surface area contributed by atoms with Crippen LogP contribution in [0.5, 0.6) is 5.75 Å². The number of aliphatic imine (C=N–C) groups is 1. The van der Waals surface area contributed by atoms with Gasteiger partial charge in [0.1, 0.15) is 5.75 Å². The van der Waals surface area contributed by atoms with E-state index in [-0.39, 0.29) is 43.2 Å². The Labute approximate surface area is 197 Å². The van der Waals surface area contributed by atoms with Gasteiger partial charge in [0.15, 0.2) is 5.96 Å². The van der Waals surface area contributed by atoms with Gasteiger partial charge in [-0.1, -0.05) is 48.5 Å². The second-order valence-corrected chi connectivity index (χ2v) is 6.75. The van der Waals surface area contributed by atoms with Gasteiger partial charge in [-0.15, -0.1) is 24.0 Å². The lowest BCUT2D eigenvalue weighted by atomic mass is 10.1. The molecule has 7 heteroatoms. The molecule has 2 atom stereocenters. The van der Waals surface area contributed by atoms with Gasteiger partial charge in [-0.25, -0.2) is 0 Å². The molecule has 2 aromatic carbocycles. The van der Waals surface area contributed by atoms with Gasteiger partial charge in [0.25, 0.3) is 0 Å². The number of aliphatic hydroxyl groups excluding tert-OH is 1. The van der Waals surface area contributed by atoms with Crippen LogP contribution >= 0.6 is 24.0 Å². The van der Waals surface area contributed by atoms with Crippen LogP contribution < -0.4 is 15.4 Å². The predicted molar refractivity (Wildman–Crippen MR) is 133 cm³/mol. The molecule has 0 spiro atoms. The number of aliphatic hydroxyl groups is 1. The Balaban J connectivity index is 0.00000450. The molecule has 0 fully saturated rings. The van der Waals surface area contributed by atoms with Crippen molar-refractivity contribution < 1.29 is 14.6 Å². The molecule has 0 amide bonds. The summed E-state index contributed by atoms with van der Waals surface area (Å²) < 4.78 is 11.2. The zero-order chi connectivity index (χ0) is 20.9. The third-order valence-electron chi connectivity index (χ3n) is 4.49. The maximum atomic E-state index is 10.2. The number of nitrogens with zero attached hydrogens (tertiary/aromatic N) is 1. The number of hydrogen-bond donors (Lipinski definition) is 3. The fourth-order valence-corrected chi connectivity index (χ4v) is 2.89. The molecule has 0 bridgehead atoms. The van der Waals surface area contributed by atoms with Crippen molar-refractivity contribution in [2.45, 2.75) is 32.5 Å². The molecule has 30 heavy (non-hydrogen) atoms. The first-order valence-electron chi connectivity index (χ1n) is 10.1. The molecular formula is C23H34IN3O3. The van der Waals surface area contributed by atoms with E-state index in [9.17, 15) is 5.11 Å². The third kappa shape index (κ3) is 9.32. The van der Waals surface area contributed by atoms with Crippen molar-refractivity contribution in [1.29, 1.82) is 0 Å². The number of rotatable bonds is 11. The Hall–Kier alpha value is -1.84. The van der Waals surface area contributed by atoms with E-state index < -0.39 is 6.10 Å². The van der Waals surface area contributed by atoms with Crippen LogP contribution in [0.4, 0.5) is 0 Å². The molecule has 6 nitrogen and oxygen atoms in total. The highest BCUT2D eigenvalue weighted by Gasteiger charge is 2.10. The van der Waals surface area contributed by atoms with Gasteiger partial charge >= 0.3 is 0 Å². The molecule has 0 saturated heterocycles. The Morgan fingerprint density at radius 3 is 2.47 bits per heavy atom. The van der Waals surface area contributed by atoms with Gasteiger partial charge in [-0.3, -0.25) is 4.99 Å². The minimum Gasteiger partial charge on any atom is -0.496 e. The highest BCUT2D eigenvalue weighted by atomic mass is 127. The average Bonchev–Trinajstić information content (AvgIpc) is 2.76. The number of para-hydroxylation sites is 1. The Morgan fingerprint density at radius 2 is 1.77 bits per heavy atom. The van der Waals surface area contributed by atoms with E-state index in [1.54, 1.807) is 7.11 Å². The van der Waals surface area contributed by atoms with E-state index in [1.165, 1.54) is 0 Å². The van der Waals surface area contributed by atoms with Gasteiger partial charge in [0.05, 0.1) is 32.5 Å². The van der Waals surface area contributed by atoms with Gasteiger partial charge in [-0.2, -0.15) is 0 Å². The van der Waals surface area contributed by atoms with Crippen LogP contribution in [0.2, 0.25) is 0 Å². The SMILES string of the molecule is CCNC(=NCC(O)COC(C)c1ccccc1)NCCc1ccccc1OC.I. The lowest BCUT2D eigenvalue weighted by Gasteiger charge is -2.17. The fourth-order valence-electron chi connectivity index (χ4n) is 2.89. The van der Waals surface area contributed by atoms with E-state index in [4.69, 9.17) is 9.47 Å². The van der Waals surface area contributed by atoms with Crippen molar-refractivity contribution in [3.8, 4) is 5.75 Å². The molecule has 0 saturated carbocycles. The summed E-state index contributed by atoms with van der Waals surface area (Å²) in [6.45, 7) is 5.96. The zero-order valence-electron chi connectivity index (χ0n) is 18.0. The third-order valence-corrected chi connectivity index (χ3v) is 4.49. The molecular weight excluding hydrogens is 493 g/mol. The topological polar surface area (TPSA) is 75.1 Å². The molecule has 3 N–H and O–H groups in total. The summed E-state index contributed by atoms with van der Waals surface area (Å²) in [5.74, 6) is 1.56. The Morgan fingerprint density at radius 1 is 1.07 bits per heavy atom. The smallest absolute Gasteiger partial charge is 0.191 e. The molecule has 0 aliphatic carbocycles. The van der Waals surface area contributed by atoms with Crippen LogP contribution in [-0.2, 0) is 11.2 Å². The second kappa shape index (κ2) is 15.0. The Kier molecular flexibility index (Phi) is 13.1. The number of ether oxygens (including phenoxy) is 2. The zero-order valence-corrected chi connectivity index (χ0v) is 20.3. The predicted octanol–water partition coefficient (Wildman–Crippen LogP) is 3.55. The number of nitrogens with one attached hydrogen (secondary N) is 2. The quantitative estimate of drug-likeness (QED) is 0.237. The molecule has 0 radical (unpaired) electrons. The van der Waals surface area contributed by atoms with E-state index in [0.717, 1.165) is 29.8 Å². The number of halogens is 1. The first-order chi connectivity index (χ1) is 14.1. The van der Waals surface area contributed by atoms with Gasteiger partial charge in [0, 0.05) is 13.1 Å². The van der Waals surface area contributed by atoms with Crippen molar-refractivity contribution in [1.82, 2.24) is 10.6 Å². The lowest BCUT2D eigenvalue weighted by molar-refractivity contribution is 0.00111. The number of guanidine groups is 1. The summed E-state index contributed by atoms with van der Waals surface area (Å²) in [4.78, 5) is 4.47. The highest BCUT2D eigenvalue weighted by Crippen LogP contribution is 2.17. The average molecular weight is 527 g/mol. The molecule has 0 heterocycles. The monoisotopic (exact) mass is 527 g/mol. The van der Waals surface area contributed by atoms with Crippen molar-refractivity contribution in [3.05, 3.63) is 65.7 Å². The molecule has 2 rings (SSSR count). The minimum absolute atomic E-state index is 0. The first-order valence-corrected chi connectivity index (χ1v) is 10.1. The lowest BCUT2D eigenvalue weighted by Crippen LogP contribution is -2.39. The van der Waals surface area contributed by atoms with Gasteiger partial charge in [-0.05, 0) is 37.5 Å². The summed E-state index contributed by atoms with van der Waals surface area (Å²) in [6.07, 6.45) is 0.0854. The summed E-state index contributed by atoms with van der Waals surface area (Å²) in [7, 11) is 1.68. The van der Waals surface area contributed by atoms with Crippen molar-refractivity contribution >= 4 is 29.9 Å². The summed E-state index contributed by atoms with van der Waals surface area (Å²) in [6, 6.07) is 18.0. The van der Waals surface area contributed by atoms with Crippen molar-refractivity contribution in [2.24, 2.45) is 4.99 Å². The van der Waals surface area contributed by atoms with E-state index in [1.807, 2.05) is 62.4 Å². The first kappa shape index (κ1) is 26.2. The highest BCUT2D eigenvalue weighted by molar-refractivity contribution is 14.0. The second-order valence-electron chi connectivity index (χ2n) is 6.75. The normalized spacial score (nSPS) is 13.1. The van der Waals surface area contributed by atoms with Crippen LogP contribution in [0.3, 0.4) is 0 Å². The standard InChI is InChI=1S/C23H33N3O3.HI/c1-4-24-23(25-15-14-20-12-8-9-13-22(20)28-3)26-16-21(27)17-29-18(2)19-10-6-5-7-11-19;/h5-13,18,21,27H,4,14-17H2,1-3H3,(H2,24,25,26);1H. The molecule has 2 unspecified atom stereocenters. The minimum atomic E-state index is -0.661. The molecule has 166 valence electrons. The van der Waals surface area contributed by atoms with Gasteiger partial charge < -0.3 is 25.2 Å². The fraction of sp³-hybridized carbons (Fsp3) is 0.435. The van der Waals surface area contributed by atoms with Crippen LogP contribution in [0.15, 0.2) is 59.6 Å². The maximum Gasteiger partial charge on any atom is 0.191 e. The van der Waals surface area contributed by atoms with Crippen molar-refractivity contribution in [2.75, 3.05) is 33.4 Å². The Bertz CT molecular complexity index is 743. The summed E-state index contributed by atoms with van der Waals surface area (Å²) in [5.41, 5.74) is 2.23. The molecule has 0 aromatic heterocycles. The van der Waals surface area contributed by atoms with E-state index in [0.29, 0.717) is 12.5 Å². The molecule has 0 aliphatic rings. The number of methoxy groups -OCH3 is 1. The van der Waals surface area contributed by atoms with Crippen LogP contribution in [0, 0.1) is 0 Å². The number of benzene rings is 2. The van der Waals surface area contributed by atoms with E-state index in [2.05, 4.69) is 21.7 Å². The van der Waals surface area contributed by atoms with Crippen LogP contribution in [0.1, 0.15) is 31.1 Å². The van der Waals surface area contributed by atoms with Crippen LogP contribution in [0.25, 0.3) is 0 Å². The van der Waals surface area contributed by atoms with E-state index >= 15 is 0 Å². The summed E-state index contributed by atoms with van der Waals surface area (Å²) in [5, 5.41) is 16.7. The van der Waals surface area contributed by atoms with Crippen LogP contribution in [-0.4, -0.2) is 50.5 Å². The van der Waals surface area contributed by atoms with Gasteiger partial charge in [0.2, 0.25) is 0 Å². The number of hydrogen-bond acceptors (Lipinski definition) is 4. The van der Waals surface area contributed by atoms with Crippen molar-refractivity contribution in [3.63, 3.8) is 0 Å². The molecule has 2 aromatic rings. The molecule has 0 aliphatic heterocycles. The largest absolute Gasteiger partial charge is 0.496 e. The summed E-state index contributed by atoms with van der Waals surface area (Å²) >= 11 is 0. The maximum absolute atomic E-state index is 10.2.